The highest BCUT2D eigenvalue weighted by Crippen LogP contribution is 2.29. The molecule has 1 N–H and O–H groups in total. The zero-order valence-electron chi connectivity index (χ0n) is 14.3. The maximum absolute atomic E-state index is 12.5. The number of thiazole rings is 1. The van der Waals surface area contributed by atoms with Crippen LogP contribution in [0.5, 0.6) is 5.75 Å². The van der Waals surface area contributed by atoms with E-state index in [1.54, 1.807) is 25.4 Å². The fourth-order valence-corrected chi connectivity index (χ4v) is 3.54. The predicted molar refractivity (Wildman–Crippen MR) is 102 cm³/mol. The lowest BCUT2D eigenvalue weighted by Crippen LogP contribution is -2.11. The van der Waals surface area contributed by atoms with Crippen LogP contribution in [-0.2, 0) is 0 Å². The Balaban J connectivity index is 1.53. The Bertz CT molecular complexity index is 1080. The van der Waals surface area contributed by atoms with Gasteiger partial charge in [-0.1, -0.05) is 11.3 Å². The predicted octanol–water partition coefficient (Wildman–Crippen LogP) is 4.05. The lowest BCUT2D eigenvalue weighted by molar-refractivity contribution is 0.102. The van der Waals surface area contributed by atoms with Crippen molar-refractivity contribution in [2.24, 2.45) is 0 Å². The van der Waals surface area contributed by atoms with Gasteiger partial charge in [-0.05, 0) is 55.5 Å². The summed E-state index contributed by atoms with van der Waals surface area (Å²) in [5.41, 5.74) is 3.34. The SMILES string of the molecule is COc1ccc2nc(NC(=O)c3ccc(-n4nccc4C)cc3)sc2c1. The average Bonchev–Trinajstić information content (AvgIpc) is 3.26. The molecule has 0 aliphatic heterocycles. The molecule has 4 rings (SSSR count). The van der Waals surface area contributed by atoms with Crippen molar-refractivity contribution in [2.45, 2.75) is 6.92 Å². The number of aryl methyl sites for hydroxylation is 1. The number of carbonyl (C=O) groups is 1. The van der Waals surface area contributed by atoms with E-state index in [2.05, 4.69) is 15.4 Å². The molecule has 26 heavy (non-hydrogen) atoms. The third-order valence-electron chi connectivity index (χ3n) is 4.02. The van der Waals surface area contributed by atoms with Crippen molar-refractivity contribution in [1.29, 1.82) is 0 Å². The summed E-state index contributed by atoms with van der Waals surface area (Å²) in [6, 6.07) is 14.9. The molecule has 2 heterocycles. The average molecular weight is 364 g/mol. The van der Waals surface area contributed by atoms with Gasteiger partial charge in [0.05, 0.1) is 23.0 Å². The number of anilines is 1. The second-order valence-electron chi connectivity index (χ2n) is 5.74. The molecular formula is C19H16N4O2S. The number of nitrogens with zero attached hydrogens (tertiary/aromatic N) is 3. The number of benzene rings is 2. The molecule has 0 atom stereocenters. The van der Waals surface area contributed by atoms with E-state index < -0.39 is 0 Å². The molecule has 0 unspecified atom stereocenters. The summed E-state index contributed by atoms with van der Waals surface area (Å²) < 4.78 is 8.00. The first-order valence-electron chi connectivity index (χ1n) is 8.01. The molecule has 130 valence electrons. The van der Waals surface area contributed by atoms with Gasteiger partial charge in [0.1, 0.15) is 5.75 Å². The monoisotopic (exact) mass is 364 g/mol. The van der Waals surface area contributed by atoms with Crippen LogP contribution in [0.4, 0.5) is 5.13 Å². The van der Waals surface area contributed by atoms with Gasteiger partial charge in [0.15, 0.2) is 5.13 Å². The van der Waals surface area contributed by atoms with E-state index in [0.717, 1.165) is 27.3 Å². The lowest BCUT2D eigenvalue weighted by atomic mass is 10.2. The molecule has 0 saturated carbocycles. The summed E-state index contributed by atoms with van der Waals surface area (Å²) in [6.45, 7) is 1.98. The van der Waals surface area contributed by atoms with Crippen molar-refractivity contribution in [3.05, 3.63) is 66.0 Å². The Morgan fingerprint density at radius 3 is 2.65 bits per heavy atom. The zero-order chi connectivity index (χ0) is 18.1. The molecule has 2 aromatic carbocycles. The molecule has 0 fully saturated rings. The lowest BCUT2D eigenvalue weighted by Gasteiger charge is -2.06. The van der Waals surface area contributed by atoms with E-state index in [4.69, 9.17) is 4.74 Å². The van der Waals surface area contributed by atoms with Crippen molar-refractivity contribution >= 4 is 32.6 Å². The molecular weight excluding hydrogens is 348 g/mol. The van der Waals surface area contributed by atoms with Crippen molar-refractivity contribution < 1.29 is 9.53 Å². The number of hydrogen-bond acceptors (Lipinski definition) is 5. The maximum Gasteiger partial charge on any atom is 0.257 e. The van der Waals surface area contributed by atoms with Crippen LogP contribution >= 0.6 is 11.3 Å². The van der Waals surface area contributed by atoms with Crippen LogP contribution in [0.1, 0.15) is 16.1 Å². The number of hydrogen-bond donors (Lipinski definition) is 1. The van der Waals surface area contributed by atoms with Crippen molar-refractivity contribution in [2.75, 3.05) is 12.4 Å². The molecule has 6 nitrogen and oxygen atoms in total. The summed E-state index contributed by atoms with van der Waals surface area (Å²) >= 11 is 1.42. The quantitative estimate of drug-likeness (QED) is 0.593. The Morgan fingerprint density at radius 2 is 1.96 bits per heavy atom. The topological polar surface area (TPSA) is 69.0 Å². The second-order valence-corrected chi connectivity index (χ2v) is 6.77. The summed E-state index contributed by atoms with van der Waals surface area (Å²) in [5, 5.41) is 7.68. The molecule has 0 bridgehead atoms. The van der Waals surface area contributed by atoms with Gasteiger partial charge in [-0.2, -0.15) is 5.10 Å². The van der Waals surface area contributed by atoms with Gasteiger partial charge in [0, 0.05) is 17.5 Å². The van der Waals surface area contributed by atoms with E-state index in [9.17, 15) is 4.79 Å². The van der Waals surface area contributed by atoms with E-state index in [1.165, 1.54) is 11.3 Å². The van der Waals surface area contributed by atoms with Crippen LogP contribution in [-0.4, -0.2) is 27.8 Å². The number of rotatable bonds is 4. The molecule has 2 aromatic heterocycles. The Kier molecular flexibility index (Phi) is 4.14. The van der Waals surface area contributed by atoms with Gasteiger partial charge >= 0.3 is 0 Å². The molecule has 0 spiro atoms. The first kappa shape index (κ1) is 16.3. The summed E-state index contributed by atoms with van der Waals surface area (Å²) in [6.07, 6.45) is 1.75. The minimum Gasteiger partial charge on any atom is -0.497 e. The first-order chi connectivity index (χ1) is 12.6. The normalized spacial score (nSPS) is 10.8. The van der Waals surface area contributed by atoms with Crippen LogP contribution in [0.3, 0.4) is 0 Å². The third-order valence-corrected chi connectivity index (χ3v) is 4.96. The largest absolute Gasteiger partial charge is 0.497 e. The van der Waals surface area contributed by atoms with E-state index in [1.807, 2.05) is 48.0 Å². The fourth-order valence-electron chi connectivity index (χ4n) is 2.65. The summed E-state index contributed by atoms with van der Waals surface area (Å²) in [5.74, 6) is 0.572. The van der Waals surface area contributed by atoms with Crippen LogP contribution in [0.15, 0.2) is 54.7 Å². The highest BCUT2D eigenvalue weighted by Gasteiger charge is 2.11. The molecule has 7 heteroatoms. The van der Waals surface area contributed by atoms with Crippen LogP contribution in [0.2, 0.25) is 0 Å². The third kappa shape index (κ3) is 3.04. The molecule has 0 radical (unpaired) electrons. The number of nitrogens with one attached hydrogen (secondary N) is 1. The highest BCUT2D eigenvalue weighted by molar-refractivity contribution is 7.22. The van der Waals surface area contributed by atoms with Gasteiger partial charge in [-0.25, -0.2) is 9.67 Å². The number of ether oxygens (including phenoxy) is 1. The van der Waals surface area contributed by atoms with Crippen LogP contribution in [0.25, 0.3) is 15.9 Å². The van der Waals surface area contributed by atoms with Crippen LogP contribution in [0, 0.1) is 6.92 Å². The number of methoxy groups -OCH3 is 1. The minimum absolute atomic E-state index is 0.195. The molecule has 0 aliphatic carbocycles. The van der Waals surface area contributed by atoms with Gasteiger partial charge < -0.3 is 4.74 Å². The number of carbonyl (C=O) groups excluding carboxylic acids is 1. The fraction of sp³-hybridized carbons (Fsp3) is 0.105. The highest BCUT2D eigenvalue weighted by atomic mass is 32.1. The van der Waals surface area contributed by atoms with Gasteiger partial charge in [-0.15, -0.1) is 0 Å². The minimum atomic E-state index is -0.195. The van der Waals surface area contributed by atoms with Crippen molar-refractivity contribution in [3.63, 3.8) is 0 Å². The standard InChI is InChI=1S/C19H16N4O2S/c1-12-9-10-20-23(12)14-5-3-13(4-6-14)18(24)22-19-21-16-8-7-15(25-2)11-17(16)26-19/h3-11H,1-2H3,(H,21,22,24). The first-order valence-corrected chi connectivity index (χ1v) is 8.83. The van der Waals surface area contributed by atoms with Gasteiger partial charge in [0.2, 0.25) is 0 Å². The smallest absolute Gasteiger partial charge is 0.257 e. The van der Waals surface area contributed by atoms with E-state index >= 15 is 0 Å². The van der Waals surface area contributed by atoms with Crippen molar-refractivity contribution in [1.82, 2.24) is 14.8 Å². The van der Waals surface area contributed by atoms with E-state index in [0.29, 0.717) is 10.7 Å². The summed E-state index contributed by atoms with van der Waals surface area (Å²) in [4.78, 5) is 16.9. The van der Waals surface area contributed by atoms with Gasteiger partial charge in [0.25, 0.3) is 5.91 Å². The second kappa shape index (κ2) is 6.61. The summed E-state index contributed by atoms with van der Waals surface area (Å²) in [7, 11) is 1.62. The Morgan fingerprint density at radius 1 is 1.15 bits per heavy atom. The van der Waals surface area contributed by atoms with E-state index in [-0.39, 0.29) is 5.91 Å². The Hall–Kier alpha value is -3.19. The van der Waals surface area contributed by atoms with Crippen molar-refractivity contribution in [3.8, 4) is 11.4 Å². The van der Waals surface area contributed by atoms with Gasteiger partial charge in [-0.3, -0.25) is 10.1 Å². The van der Waals surface area contributed by atoms with Crippen LogP contribution < -0.4 is 10.1 Å². The number of fused-ring (bicyclic) bond motifs is 1. The number of amides is 1. The Labute approximate surface area is 154 Å². The number of aromatic nitrogens is 3. The molecule has 0 aliphatic rings. The molecule has 4 aromatic rings. The zero-order valence-corrected chi connectivity index (χ0v) is 15.1. The maximum atomic E-state index is 12.5. The molecule has 0 saturated heterocycles. The molecule has 1 amide bonds.